The number of aromatic nitrogens is 2. The molecule has 2 rings (SSSR count). The predicted molar refractivity (Wildman–Crippen MR) is 87.8 cm³/mol. The molecule has 1 aromatic heterocycles. The van der Waals surface area contributed by atoms with Gasteiger partial charge in [0.2, 0.25) is 11.7 Å². The van der Waals surface area contributed by atoms with Gasteiger partial charge in [-0.25, -0.2) is 19.5 Å². The van der Waals surface area contributed by atoms with Crippen LogP contribution in [0.5, 0.6) is 0 Å². The number of nitrogens with one attached hydrogen (secondary N) is 3. The number of amides is 1. The van der Waals surface area contributed by atoms with E-state index in [0.29, 0.717) is 5.69 Å². The first-order valence-electron chi connectivity index (χ1n) is 6.90. The van der Waals surface area contributed by atoms with Crippen LogP contribution in [0.25, 0.3) is 0 Å². The highest BCUT2D eigenvalue weighted by molar-refractivity contribution is 9.10. The van der Waals surface area contributed by atoms with Crippen LogP contribution in [0.15, 0.2) is 32.3 Å². The molecule has 0 atom stereocenters. The van der Waals surface area contributed by atoms with Crippen molar-refractivity contribution in [3.05, 3.63) is 34.2 Å². The molecule has 2 aromatic rings. The fourth-order valence-electron chi connectivity index (χ4n) is 1.62. The van der Waals surface area contributed by atoms with Gasteiger partial charge < -0.3 is 5.32 Å². The van der Waals surface area contributed by atoms with Crippen molar-refractivity contribution in [1.82, 2.24) is 21.1 Å². The lowest BCUT2D eigenvalue weighted by molar-refractivity contribution is -0.119. The maximum absolute atomic E-state index is 13.3. The fourth-order valence-corrected chi connectivity index (χ4v) is 1.99. The molecule has 0 aliphatic rings. The van der Waals surface area contributed by atoms with Crippen LogP contribution in [-0.4, -0.2) is 40.4 Å². The van der Waals surface area contributed by atoms with E-state index in [2.05, 4.69) is 46.7 Å². The highest BCUT2D eigenvalue weighted by Gasteiger charge is 2.17. The largest absolute Gasteiger partial charge is 0.354 e. The molecule has 0 bridgehead atoms. The van der Waals surface area contributed by atoms with Gasteiger partial charge in [0.05, 0.1) is 16.8 Å². The number of nitrogens with zero attached hydrogens (tertiary/aromatic N) is 3. The number of rotatable bonds is 7. The fraction of sp³-hybridized carbons (Fsp3) is 0.231. The summed E-state index contributed by atoms with van der Waals surface area (Å²) in [4.78, 5) is 19.9. The summed E-state index contributed by atoms with van der Waals surface area (Å²) >= 11 is 3.04. The second-order valence-electron chi connectivity index (χ2n) is 4.57. The van der Waals surface area contributed by atoms with Gasteiger partial charge in [0.15, 0.2) is 11.5 Å². The molecular formula is C13H14BrFN6O4. The second kappa shape index (κ2) is 9.05. The van der Waals surface area contributed by atoms with E-state index in [9.17, 15) is 14.4 Å². The summed E-state index contributed by atoms with van der Waals surface area (Å²) in [6.07, 6.45) is 0. The first-order valence-corrected chi connectivity index (χ1v) is 7.69. The zero-order chi connectivity index (χ0) is 18.2. The highest BCUT2D eigenvalue weighted by atomic mass is 79.9. The van der Waals surface area contributed by atoms with Crippen LogP contribution < -0.4 is 16.3 Å². The second-order valence-corrected chi connectivity index (χ2v) is 5.42. The Balaban J connectivity index is 2.08. The summed E-state index contributed by atoms with van der Waals surface area (Å²) in [6, 6.07) is 4.03. The van der Waals surface area contributed by atoms with Gasteiger partial charge in [0.1, 0.15) is 5.82 Å². The van der Waals surface area contributed by atoms with Crippen molar-refractivity contribution in [2.24, 2.45) is 4.99 Å². The Morgan fingerprint density at radius 1 is 1.48 bits per heavy atom. The quantitative estimate of drug-likeness (QED) is 0.231. The number of benzene rings is 1. The van der Waals surface area contributed by atoms with Crippen LogP contribution in [0.3, 0.4) is 0 Å². The Morgan fingerprint density at radius 2 is 2.28 bits per heavy atom. The normalized spacial score (nSPS) is 11.3. The van der Waals surface area contributed by atoms with Gasteiger partial charge in [-0.2, -0.15) is 0 Å². The van der Waals surface area contributed by atoms with E-state index in [1.165, 1.54) is 25.1 Å². The van der Waals surface area contributed by atoms with Crippen LogP contribution in [0.4, 0.5) is 15.9 Å². The Kier molecular flexibility index (Phi) is 6.80. The molecule has 0 aliphatic carbocycles. The van der Waals surface area contributed by atoms with Crippen LogP contribution in [-0.2, 0) is 9.63 Å². The number of hydrogen-bond acceptors (Lipinski definition) is 8. The predicted octanol–water partition coefficient (Wildman–Crippen LogP) is 1.51. The number of hydrogen-bond donors (Lipinski definition) is 4. The molecular weight excluding hydrogens is 403 g/mol. The van der Waals surface area contributed by atoms with Crippen LogP contribution in [0, 0.1) is 5.82 Å². The lowest BCUT2D eigenvalue weighted by Gasteiger charge is -2.06. The molecule has 0 unspecified atom stereocenters. The van der Waals surface area contributed by atoms with E-state index in [0.717, 1.165) is 0 Å². The molecule has 0 saturated carbocycles. The minimum Gasteiger partial charge on any atom is -0.354 e. The number of aliphatic imine (C=N–C) groups is 1. The van der Waals surface area contributed by atoms with Gasteiger partial charge in [0, 0.05) is 13.5 Å². The average Bonchev–Trinajstić information content (AvgIpc) is 3.03. The minimum atomic E-state index is -0.449. The lowest BCUT2D eigenvalue weighted by Crippen LogP contribution is -2.26. The average molecular weight is 417 g/mol. The van der Waals surface area contributed by atoms with Gasteiger partial charge >= 0.3 is 0 Å². The molecule has 25 heavy (non-hydrogen) atoms. The van der Waals surface area contributed by atoms with Gasteiger partial charge in [0.25, 0.3) is 0 Å². The van der Waals surface area contributed by atoms with Crippen molar-refractivity contribution < 1.29 is 23.9 Å². The van der Waals surface area contributed by atoms with Crippen molar-refractivity contribution in [3.63, 3.8) is 0 Å². The Bertz CT molecular complexity index is 769. The zero-order valence-electron chi connectivity index (χ0n) is 12.9. The molecule has 4 N–H and O–H groups in total. The Morgan fingerprint density at radius 3 is 2.96 bits per heavy atom. The van der Waals surface area contributed by atoms with E-state index >= 15 is 0 Å². The lowest BCUT2D eigenvalue weighted by atomic mass is 10.3. The third-order valence-corrected chi connectivity index (χ3v) is 3.32. The van der Waals surface area contributed by atoms with Crippen LogP contribution >= 0.6 is 15.9 Å². The highest BCUT2D eigenvalue weighted by Crippen LogP contribution is 2.23. The van der Waals surface area contributed by atoms with Gasteiger partial charge in [-0.15, -0.1) is 0 Å². The summed E-state index contributed by atoms with van der Waals surface area (Å²) in [5, 5.41) is 19.0. The van der Waals surface area contributed by atoms with E-state index in [1.807, 2.05) is 5.48 Å². The van der Waals surface area contributed by atoms with Crippen LogP contribution in [0.1, 0.15) is 12.6 Å². The number of anilines is 1. The van der Waals surface area contributed by atoms with Gasteiger partial charge in [-0.1, -0.05) is 0 Å². The van der Waals surface area contributed by atoms with Gasteiger partial charge in [-0.3, -0.25) is 20.3 Å². The molecule has 0 aliphatic heterocycles. The van der Waals surface area contributed by atoms with E-state index < -0.39 is 5.82 Å². The minimum absolute atomic E-state index is 0.0301. The summed E-state index contributed by atoms with van der Waals surface area (Å²) in [6.45, 7) is 1.82. The van der Waals surface area contributed by atoms with Crippen molar-refractivity contribution in [3.8, 4) is 0 Å². The van der Waals surface area contributed by atoms with E-state index in [1.54, 1.807) is 0 Å². The molecule has 1 aromatic carbocycles. The summed E-state index contributed by atoms with van der Waals surface area (Å²) in [5.41, 5.74) is 4.71. The number of amidine groups is 1. The van der Waals surface area contributed by atoms with Crippen molar-refractivity contribution in [2.45, 2.75) is 6.92 Å². The molecule has 0 fully saturated rings. The molecule has 10 nitrogen and oxygen atoms in total. The first-order chi connectivity index (χ1) is 12.0. The topological polar surface area (TPSA) is 134 Å². The first kappa shape index (κ1) is 18.8. The smallest absolute Gasteiger partial charge is 0.225 e. The number of hydroxylamine groups is 1. The maximum atomic E-state index is 13.3. The molecule has 0 radical (unpaired) electrons. The monoisotopic (exact) mass is 416 g/mol. The standard InChI is InChI=1S/C13H14BrFN6O4/c1-7(22)16-4-5-24-20-13-11(19-25-21-13)12(18-23)17-8-2-3-10(15)9(14)6-8/h2-3,6,23H,4-5H2,1H3,(H,16,22)(H,17,18)(H,20,21). The third-order valence-electron chi connectivity index (χ3n) is 2.71. The van der Waals surface area contributed by atoms with E-state index in [4.69, 9.17) is 4.84 Å². The molecule has 134 valence electrons. The van der Waals surface area contributed by atoms with E-state index in [-0.39, 0.29) is 40.9 Å². The third kappa shape index (κ3) is 5.48. The van der Waals surface area contributed by atoms with Crippen molar-refractivity contribution >= 4 is 39.2 Å². The summed E-state index contributed by atoms with van der Waals surface area (Å²) in [5.74, 6) is -0.691. The maximum Gasteiger partial charge on any atom is 0.225 e. The molecule has 12 heteroatoms. The van der Waals surface area contributed by atoms with Crippen molar-refractivity contribution in [2.75, 3.05) is 18.6 Å². The molecule has 1 amide bonds. The Labute approximate surface area is 149 Å². The number of carbonyl (C=O) groups is 1. The molecule has 0 spiro atoms. The summed E-state index contributed by atoms with van der Waals surface area (Å²) < 4.78 is 18.1. The van der Waals surface area contributed by atoms with Crippen LogP contribution in [0.2, 0.25) is 0 Å². The van der Waals surface area contributed by atoms with Gasteiger partial charge in [-0.05, 0) is 44.4 Å². The number of carbonyl (C=O) groups excluding carboxylic acids is 1. The number of halogens is 2. The SMILES string of the molecule is CC(=O)NCCONc1nonc1C(=Nc1ccc(F)c(Br)c1)NO. The molecule has 0 saturated heterocycles. The Hall–Kier alpha value is -2.57. The molecule has 1 heterocycles. The zero-order valence-corrected chi connectivity index (χ0v) is 14.5. The van der Waals surface area contributed by atoms with Crippen molar-refractivity contribution in [1.29, 1.82) is 0 Å². The summed E-state index contributed by atoms with van der Waals surface area (Å²) in [7, 11) is 0.